The van der Waals surface area contributed by atoms with E-state index in [4.69, 9.17) is 17.3 Å². The van der Waals surface area contributed by atoms with Crippen LogP contribution in [0.15, 0.2) is 72.0 Å². The average molecular weight is 392 g/mol. The number of nitrogens with one attached hydrogen (secondary N) is 1. The van der Waals surface area contributed by atoms with Crippen molar-refractivity contribution in [2.45, 2.75) is 19.8 Å². The van der Waals surface area contributed by atoms with Crippen LogP contribution in [-0.4, -0.2) is 39.7 Å². The van der Waals surface area contributed by atoms with E-state index in [-0.39, 0.29) is 0 Å². The number of thiocarbonyl (C=S) groups is 1. The van der Waals surface area contributed by atoms with Crippen LogP contribution in [0.2, 0.25) is 0 Å². The van der Waals surface area contributed by atoms with Gasteiger partial charge in [0.15, 0.2) is 5.11 Å². The minimum absolute atomic E-state index is 0.612. The summed E-state index contributed by atoms with van der Waals surface area (Å²) in [6, 6.07) is 20.2. The van der Waals surface area contributed by atoms with E-state index in [1.165, 1.54) is 0 Å². The molecule has 5 nitrogen and oxygen atoms in total. The van der Waals surface area contributed by atoms with Gasteiger partial charge < -0.3 is 5.32 Å². The second-order valence-electron chi connectivity index (χ2n) is 6.43. The SMILES string of the molecule is CCCCNC(=S)N(C)N=Cc1cn(-c2ccccc2)nc1-c1ccccc1. The molecule has 0 atom stereocenters. The topological polar surface area (TPSA) is 45.5 Å². The van der Waals surface area contributed by atoms with Crippen molar-refractivity contribution in [1.29, 1.82) is 0 Å². The molecule has 0 bridgehead atoms. The molecule has 0 saturated heterocycles. The summed E-state index contributed by atoms with van der Waals surface area (Å²) >= 11 is 5.39. The summed E-state index contributed by atoms with van der Waals surface area (Å²) in [5.74, 6) is 0. The second-order valence-corrected chi connectivity index (χ2v) is 6.82. The number of aromatic nitrogens is 2. The Morgan fingerprint density at radius 1 is 1.14 bits per heavy atom. The second kappa shape index (κ2) is 9.80. The summed E-state index contributed by atoms with van der Waals surface area (Å²) in [5, 5.41) is 14.8. The van der Waals surface area contributed by atoms with Gasteiger partial charge in [-0.2, -0.15) is 10.2 Å². The minimum Gasteiger partial charge on any atom is -0.361 e. The zero-order valence-corrected chi connectivity index (χ0v) is 17.1. The Morgan fingerprint density at radius 2 is 1.82 bits per heavy atom. The molecule has 0 aliphatic carbocycles. The number of rotatable bonds is 7. The number of hydrogen-bond acceptors (Lipinski definition) is 3. The van der Waals surface area contributed by atoms with Crippen molar-refractivity contribution < 1.29 is 0 Å². The smallest absolute Gasteiger partial charge is 0.189 e. The zero-order chi connectivity index (χ0) is 19.8. The van der Waals surface area contributed by atoms with Crippen LogP contribution in [0.25, 0.3) is 16.9 Å². The summed E-state index contributed by atoms with van der Waals surface area (Å²) in [6.07, 6.45) is 6.01. The van der Waals surface area contributed by atoms with Gasteiger partial charge in [-0.15, -0.1) is 0 Å². The molecule has 0 radical (unpaired) electrons. The molecular weight excluding hydrogens is 366 g/mol. The Labute approximate surface area is 171 Å². The Morgan fingerprint density at radius 3 is 2.50 bits per heavy atom. The van der Waals surface area contributed by atoms with Gasteiger partial charge in [0.25, 0.3) is 0 Å². The van der Waals surface area contributed by atoms with Gasteiger partial charge in [-0.05, 0) is 30.8 Å². The van der Waals surface area contributed by atoms with E-state index in [1.807, 2.05) is 72.7 Å². The molecule has 1 heterocycles. The zero-order valence-electron chi connectivity index (χ0n) is 16.2. The van der Waals surface area contributed by atoms with E-state index >= 15 is 0 Å². The maximum atomic E-state index is 5.39. The molecule has 0 fully saturated rings. The van der Waals surface area contributed by atoms with Crippen LogP contribution in [0, 0.1) is 0 Å². The molecule has 0 aliphatic heterocycles. The Hall–Kier alpha value is -2.99. The van der Waals surface area contributed by atoms with Crippen molar-refractivity contribution in [2.24, 2.45) is 5.10 Å². The van der Waals surface area contributed by atoms with E-state index in [2.05, 4.69) is 29.5 Å². The van der Waals surface area contributed by atoms with Gasteiger partial charge in [0.1, 0.15) is 5.69 Å². The number of unbranched alkanes of at least 4 members (excludes halogenated alkanes) is 1. The fourth-order valence-electron chi connectivity index (χ4n) is 2.70. The van der Waals surface area contributed by atoms with Crippen molar-refractivity contribution in [3.8, 4) is 16.9 Å². The largest absolute Gasteiger partial charge is 0.361 e. The quantitative estimate of drug-likeness (QED) is 0.279. The Kier molecular flexibility index (Phi) is 6.92. The highest BCUT2D eigenvalue weighted by molar-refractivity contribution is 7.80. The standard InChI is InChI=1S/C22H25N5S/c1-3-4-15-23-22(28)26(2)24-16-19-17-27(20-13-9-6-10-14-20)25-21(19)18-11-7-5-8-12-18/h5-14,16-17H,3-4,15H2,1-2H3,(H,23,28). The first kappa shape index (κ1) is 19.8. The van der Waals surface area contributed by atoms with E-state index in [1.54, 1.807) is 5.01 Å². The molecule has 0 unspecified atom stereocenters. The number of benzene rings is 2. The lowest BCUT2D eigenvalue weighted by molar-refractivity contribution is 0.530. The molecule has 0 amide bonds. The average Bonchev–Trinajstić information content (AvgIpc) is 3.17. The molecule has 6 heteroatoms. The van der Waals surface area contributed by atoms with Crippen LogP contribution in [0.1, 0.15) is 25.3 Å². The fraction of sp³-hybridized carbons (Fsp3) is 0.227. The molecule has 1 N–H and O–H groups in total. The lowest BCUT2D eigenvalue weighted by atomic mass is 10.1. The van der Waals surface area contributed by atoms with Crippen LogP contribution in [0.3, 0.4) is 0 Å². The lowest BCUT2D eigenvalue weighted by Gasteiger charge is -2.15. The number of nitrogens with zero attached hydrogens (tertiary/aromatic N) is 4. The molecule has 3 rings (SSSR count). The molecule has 144 valence electrons. The highest BCUT2D eigenvalue weighted by atomic mass is 32.1. The molecule has 28 heavy (non-hydrogen) atoms. The van der Waals surface area contributed by atoms with Crippen molar-refractivity contribution in [1.82, 2.24) is 20.1 Å². The first-order valence-corrected chi connectivity index (χ1v) is 9.86. The number of hydrazone groups is 1. The lowest BCUT2D eigenvalue weighted by Crippen LogP contribution is -2.34. The predicted octanol–water partition coefficient (Wildman–Crippen LogP) is 4.48. The first-order valence-electron chi connectivity index (χ1n) is 9.45. The summed E-state index contributed by atoms with van der Waals surface area (Å²) in [7, 11) is 1.85. The third-order valence-electron chi connectivity index (χ3n) is 4.28. The molecule has 0 saturated carbocycles. The number of hydrogen-bond donors (Lipinski definition) is 1. The molecule has 0 spiro atoms. The van der Waals surface area contributed by atoms with Gasteiger partial charge in [0.2, 0.25) is 0 Å². The van der Waals surface area contributed by atoms with E-state index < -0.39 is 0 Å². The van der Waals surface area contributed by atoms with E-state index in [0.29, 0.717) is 5.11 Å². The highest BCUT2D eigenvalue weighted by Gasteiger charge is 2.11. The summed E-state index contributed by atoms with van der Waals surface area (Å²) in [5.41, 5.74) is 3.86. The van der Waals surface area contributed by atoms with Crippen molar-refractivity contribution in [2.75, 3.05) is 13.6 Å². The summed E-state index contributed by atoms with van der Waals surface area (Å²) in [6.45, 7) is 3.01. The fourth-order valence-corrected chi connectivity index (χ4v) is 2.85. The Bertz CT molecular complexity index is 919. The van der Waals surface area contributed by atoms with Crippen molar-refractivity contribution in [3.63, 3.8) is 0 Å². The van der Waals surface area contributed by atoms with Crippen LogP contribution in [0.5, 0.6) is 0 Å². The maximum Gasteiger partial charge on any atom is 0.189 e. The summed E-state index contributed by atoms with van der Waals surface area (Å²) < 4.78 is 1.88. The third kappa shape index (κ3) is 5.04. The molecule has 2 aromatic carbocycles. The monoisotopic (exact) mass is 391 g/mol. The van der Waals surface area contributed by atoms with Crippen LogP contribution in [-0.2, 0) is 0 Å². The normalized spacial score (nSPS) is 10.9. The molecular formula is C22H25N5S. The minimum atomic E-state index is 0.612. The van der Waals surface area contributed by atoms with Crippen LogP contribution in [0.4, 0.5) is 0 Å². The van der Waals surface area contributed by atoms with Gasteiger partial charge in [-0.3, -0.25) is 0 Å². The van der Waals surface area contributed by atoms with E-state index in [0.717, 1.165) is 41.9 Å². The van der Waals surface area contributed by atoms with Gasteiger partial charge in [-0.25, -0.2) is 9.69 Å². The van der Waals surface area contributed by atoms with Crippen molar-refractivity contribution >= 4 is 23.5 Å². The number of para-hydroxylation sites is 1. The van der Waals surface area contributed by atoms with Gasteiger partial charge in [0, 0.05) is 30.9 Å². The van der Waals surface area contributed by atoms with Crippen LogP contribution < -0.4 is 5.32 Å². The van der Waals surface area contributed by atoms with Crippen LogP contribution >= 0.6 is 12.2 Å². The van der Waals surface area contributed by atoms with Gasteiger partial charge in [-0.1, -0.05) is 61.9 Å². The van der Waals surface area contributed by atoms with Gasteiger partial charge in [0.05, 0.1) is 11.9 Å². The predicted molar refractivity (Wildman–Crippen MR) is 120 cm³/mol. The Balaban J connectivity index is 1.86. The third-order valence-corrected chi connectivity index (χ3v) is 4.69. The molecule has 3 aromatic rings. The first-order chi connectivity index (χ1) is 13.7. The van der Waals surface area contributed by atoms with Gasteiger partial charge >= 0.3 is 0 Å². The van der Waals surface area contributed by atoms with E-state index in [9.17, 15) is 0 Å². The maximum absolute atomic E-state index is 5.39. The molecule has 1 aromatic heterocycles. The molecule has 0 aliphatic rings. The van der Waals surface area contributed by atoms with Crippen molar-refractivity contribution in [3.05, 3.63) is 72.4 Å². The highest BCUT2D eigenvalue weighted by Crippen LogP contribution is 2.22. The summed E-state index contributed by atoms with van der Waals surface area (Å²) in [4.78, 5) is 0.